The van der Waals surface area contributed by atoms with E-state index in [1.165, 1.54) is 54.9 Å². The van der Waals surface area contributed by atoms with Crippen molar-refractivity contribution in [2.24, 2.45) is 0 Å². The summed E-state index contributed by atoms with van der Waals surface area (Å²) in [5.41, 5.74) is 6.10. The molecule has 0 aliphatic rings. The van der Waals surface area contributed by atoms with Gasteiger partial charge in [-0.25, -0.2) is 0 Å². The molecule has 0 aliphatic carbocycles. The SMILES string of the molecule is c1ccc(-n2c3ccccc3c3ccc4c(ccn4-c4cccc5ccccc45)c32)cc1. The van der Waals surface area contributed by atoms with Crippen LogP contribution >= 0.6 is 0 Å². The van der Waals surface area contributed by atoms with Gasteiger partial charge in [0.1, 0.15) is 0 Å². The largest absolute Gasteiger partial charge is 0.316 e. The van der Waals surface area contributed by atoms with E-state index in [9.17, 15) is 0 Å². The Kier molecular flexibility index (Phi) is 3.58. The van der Waals surface area contributed by atoms with Gasteiger partial charge < -0.3 is 9.13 Å². The van der Waals surface area contributed by atoms with E-state index in [4.69, 9.17) is 0 Å². The Labute approximate surface area is 185 Å². The van der Waals surface area contributed by atoms with Gasteiger partial charge in [-0.05, 0) is 41.8 Å². The summed E-state index contributed by atoms with van der Waals surface area (Å²) in [5.74, 6) is 0. The lowest BCUT2D eigenvalue weighted by Gasteiger charge is -2.11. The van der Waals surface area contributed by atoms with E-state index in [2.05, 4.69) is 131 Å². The number of fused-ring (bicyclic) bond motifs is 6. The smallest absolute Gasteiger partial charge is 0.0635 e. The van der Waals surface area contributed by atoms with Crippen molar-refractivity contribution in [2.45, 2.75) is 0 Å². The van der Waals surface area contributed by atoms with Gasteiger partial charge in [0.15, 0.2) is 0 Å². The maximum absolute atomic E-state index is 2.40. The van der Waals surface area contributed by atoms with Crippen LogP contribution in [-0.4, -0.2) is 9.13 Å². The molecule has 0 unspecified atom stereocenters. The third-order valence-electron chi connectivity index (χ3n) is 6.54. The van der Waals surface area contributed by atoms with Crippen LogP contribution in [0.25, 0.3) is 54.9 Å². The second-order valence-electron chi connectivity index (χ2n) is 8.27. The molecule has 2 heterocycles. The highest BCUT2D eigenvalue weighted by Crippen LogP contribution is 2.38. The predicted molar refractivity (Wildman–Crippen MR) is 135 cm³/mol. The highest BCUT2D eigenvalue weighted by atomic mass is 15.0. The van der Waals surface area contributed by atoms with E-state index in [0.717, 1.165) is 0 Å². The summed E-state index contributed by atoms with van der Waals surface area (Å²) in [5, 5.41) is 6.34. The molecule has 0 radical (unpaired) electrons. The lowest BCUT2D eigenvalue weighted by Crippen LogP contribution is -1.95. The Morgan fingerprint density at radius 3 is 2.09 bits per heavy atom. The van der Waals surface area contributed by atoms with Gasteiger partial charge >= 0.3 is 0 Å². The number of nitrogens with zero attached hydrogens (tertiary/aromatic N) is 2. The molecule has 2 aromatic heterocycles. The zero-order valence-electron chi connectivity index (χ0n) is 17.4. The molecular weight excluding hydrogens is 388 g/mol. The summed E-state index contributed by atoms with van der Waals surface area (Å²) in [4.78, 5) is 0. The molecule has 0 saturated carbocycles. The van der Waals surface area contributed by atoms with Crippen LogP contribution in [0.5, 0.6) is 0 Å². The molecular formula is C30H20N2. The van der Waals surface area contributed by atoms with Crippen molar-refractivity contribution < 1.29 is 0 Å². The molecule has 5 aromatic carbocycles. The topological polar surface area (TPSA) is 9.86 Å². The summed E-state index contributed by atoms with van der Waals surface area (Å²) in [6.07, 6.45) is 2.21. The first kappa shape index (κ1) is 17.4. The Bertz CT molecular complexity index is 1760. The van der Waals surface area contributed by atoms with Crippen molar-refractivity contribution in [2.75, 3.05) is 0 Å². The van der Waals surface area contributed by atoms with Crippen LogP contribution in [-0.2, 0) is 0 Å². The van der Waals surface area contributed by atoms with E-state index < -0.39 is 0 Å². The zero-order valence-corrected chi connectivity index (χ0v) is 17.4. The van der Waals surface area contributed by atoms with E-state index in [1.54, 1.807) is 0 Å². The second kappa shape index (κ2) is 6.60. The third kappa shape index (κ3) is 2.35. The lowest BCUT2D eigenvalue weighted by molar-refractivity contribution is 1.14. The first-order valence-corrected chi connectivity index (χ1v) is 11.0. The van der Waals surface area contributed by atoms with E-state index in [1.807, 2.05) is 0 Å². The average Bonchev–Trinajstić information content (AvgIpc) is 3.43. The summed E-state index contributed by atoms with van der Waals surface area (Å²) in [6, 6.07) is 41.3. The van der Waals surface area contributed by atoms with Crippen molar-refractivity contribution in [1.82, 2.24) is 9.13 Å². The molecule has 32 heavy (non-hydrogen) atoms. The molecule has 7 rings (SSSR count). The van der Waals surface area contributed by atoms with Crippen molar-refractivity contribution in [3.05, 3.63) is 121 Å². The molecule has 7 aromatic rings. The van der Waals surface area contributed by atoms with Crippen molar-refractivity contribution in [1.29, 1.82) is 0 Å². The maximum atomic E-state index is 2.40. The van der Waals surface area contributed by atoms with Gasteiger partial charge in [-0.2, -0.15) is 0 Å². The fraction of sp³-hybridized carbons (Fsp3) is 0. The van der Waals surface area contributed by atoms with Crippen LogP contribution < -0.4 is 0 Å². The minimum absolute atomic E-state index is 1.18. The van der Waals surface area contributed by atoms with Crippen molar-refractivity contribution >= 4 is 43.5 Å². The van der Waals surface area contributed by atoms with Crippen molar-refractivity contribution in [3.8, 4) is 11.4 Å². The summed E-state index contributed by atoms with van der Waals surface area (Å²) in [7, 11) is 0. The van der Waals surface area contributed by atoms with Crippen molar-refractivity contribution in [3.63, 3.8) is 0 Å². The van der Waals surface area contributed by atoms with E-state index in [-0.39, 0.29) is 0 Å². The van der Waals surface area contributed by atoms with Gasteiger partial charge in [0.05, 0.1) is 22.2 Å². The quantitative estimate of drug-likeness (QED) is 0.275. The van der Waals surface area contributed by atoms with Crippen LogP contribution in [0.1, 0.15) is 0 Å². The number of para-hydroxylation sites is 2. The Morgan fingerprint density at radius 1 is 0.438 bits per heavy atom. The number of rotatable bonds is 2. The number of aromatic nitrogens is 2. The first-order chi connectivity index (χ1) is 15.9. The predicted octanol–water partition coefficient (Wildman–Crippen LogP) is 7.88. The second-order valence-corrected chi connectivity index (χ2v) is 8.27. The monoisotopic (exact) mass is 408 g/mol. The van der Waals surface area contributed by atoms with Crippen LogP contribution in [0.4, 0.5) is 0 Å². The van der Waals surface area contributed by atoms with Crippen LogP contribution in [0.3, 0.4) is 0 Å². The van der Waals surface area contributed by atoms with Gasteiger partial charge in [-0.1, -0.05) is 78.9 Å². The van der Waals surface area contributed by atoms with Gasteiger partial charge in [-0.15, -0.1) is 0 Å². The molecule has 0 N–H and O–H groups in total. The number of hydrogen-bond acceptors (Lipinski definition) is 0. The lowest BCUT2D eigenvalue weighted by atomic mass is 10.1. The maximum Gasteiger partial charge on any atom is 0.0635 e. The Hall–Kier alpha value is -4.30. The minimum Gasteiger partial charge on any atom is -0.316 e. The molecule has 0 amide bonds. The zero-order chi connectivity index (χ0) is 21.1. The summed E-state index contributed by atoms with van der Waals surface area (Å²) >= 11 is 0. The molecule has 2 nitrogen and oxygen atoms in total. The average molecular weight is 409 g/mol. The molecule has 0 fully saturated rings. The van der Waals surface area contributed by atoms with Gasteiger partial charge in [0, 0.05) is 33.4 Å². The normalized spacial score (nSPS) is 11.8. The molecule has 2 heteroatoms. The van der Waals surface area contributed by atoms with Crippen LogP contribution in [0.15, 0.2) is 121 Å². The molecule has 150 valence electrons. The van der Waals surface area contributed by atoms with Crippen LogP contribution in [0.2, 0.25) is 0 Å². The fourth-order valence-electron chi connectivity index (χ4n) is 5.15. The number of hydrogen-bond donors (Lipinski definition) is 0. The molecule has 0 aliphatic heterocycles. The first-order valence-electron chi connectivity index (χ1n) is 11.0. The molecule has 0 saturated heterocycles. The molecule has 0 atom stereocenters. The summed E-state index contributed by atoms with van der Waals surface area (Å²) < 4.78 is 4.73. The number of benzene rings is 5. The fourth-order valence-corrected chi connectivity index (χ4v) is 5.15. The summed E-state index contributed by atoms with van der Waals surface area (Å²) in [6.45, 7) is 0. The standard InChI is InChI=1S/C30H20N2/c1-2-11-22(12-3-1)32-29-15-7-6-14-24(29)25-17-18-28-26(30(25)32)19-20-31(28)27-16-8-10-21-9-4-5-13-23(21)27/h1-20H. The highest BCUT2D eigenvalue weighted by Gasteiger charge is 2.17. The van der Waals surface area contributed by atoms with Gasteiger partial charge in [0.25, 0.3) is 0 Å². The van der Waals surface area contributed by atoms with Gasteiger partial charge in [-0.3, -0.25) is 0 Å². The van der Waals surface area contributed by atoms with E-state index in [0.29, 0.717) is 0 Å². The van der Waals surface area contributed by atoms with Crippen LogP contribution in [0, 0.1) is 0 Å². The highest BCUT2D eigenvalue weighted by molar-refractivity contribution is 6.18. The minimum atomic E-state index is 1.18. The molecule has 0 spiro atoms. The molecule has 0 bridgehead atoms. The Balaban J connectivity index is 1.62. The van der Waals surface area contributed by atoms with E-state index >= 15 is 0 Å². The third-order valence-corrected chi connectivity index (χ3v) is 6.54. The van der Waals surface area contributed by atoms with Gasteiger partial charge in [0.2, 0.25) is 0 Å². The Morgan fingerprint density at radius 2 is 1.19 bits per heavy atom.